The summed E-state index contributed by atoms with van der Waals surface area (Å²) in [6, 6.07) is 24.2. The monoisotopic (exact) mass is 411 g/mol. The standard InChI is InChI=1S/C24H17N3O4/c1-16-8-10-17(11-9-16)20-14-23(18-4-2-6-21(12-18)26(28)29)25-24(15-20)19-5-3-7-22(13-19)27(30)31/h2-15H,1H3. The zero-order chi connectivity index (χ0) is 22.0. The van der Waals surface area contributed by atoms with Crippen LogP contribution in [0.2, 0.25) is 0 Å². The minimum absolute atomic E-state index is 0.0306. The number of non-ortho nitro benzene ring substituents is 2. The SMILES string of the molecule is Cc1ccc(-c2cc(-c3cccc([N+](=O)[O-])c3)nc(-c3cccc([N+](=O)[O-])c3)c2)cc1. The summed E-state index contributed by atoms with van der Waals surface area (Å²) in [5.41, 5.74) is 5.14. The largest absolute Gasteiger partial charge is 0.270 e. The maximum absolute atomic E-state index is 11.2. The van der Waals surface area contributed by atoms with E-state index < -0.39 is 9.85 Å². The number of rotatable bonds is 5. The van der Waals surface area contributed by atoms with Gasteiger partial charge in [0.2, 0.25) is 0 Å². The van der Waals surface area contributed by atoms with Gasteiger partial charge in [0.1, 0.15) is 0 Å². The van der Waals surface area contributed by atoms with Gasteiger partial charge in [0.25, 0.3) is 11.4 Å². The van der Waals surface area contributed by atoms with Gasteiger partial charge in [-0.05, 0) is 30.2 Å². The van der Waals surface area contributed by atoms with Crippen LogP contribution in [-0.2, 0) is 0 Å². The molecular formula is C24H17N3O4. The molecule has 0 saturated carbocycles. The van der Waals surface area contributed by atoms with Gasteiger partial charge in [0, 0.05) is 35.4 Å². The van der Waals surface area contributed by atoms with E-state index in [1.807, 2.05) is 43.3 Å². The minimum Gasteiger partial charge on any atom is -0.258 e. The zero-order valence-corrected chi connectivity index (χ0v) is 16.6. The molecule has 3 aromatic carbocycles. The van der Waals surface area contributed by atoms with Crippen molar-refractivity contribution in [3.63, 3.8) is 0 Å². The van der Waals surface area contributed by atoms with E-state index in [1.165, 1.54) is 24.3 Å². The molecule has 4 rings (SSSR count). The van der Waals surface area contributed by atoms with Crippen molar-refractivity contribution < 1.29 is 9.85 Å². The first-order valence-corrected chi connectivity index (χ1v) is 9.49. The van der Waals surface area contributed by atoms with Crippen LogP contribution in [0.25, 0.3) is 33.6 Å². The molecule has 31 heavy (non-hydrogen) atoms. The average molecular weight is 411 g/mol. The van der Waals surface area contributed by atoms with Crippen LogP contribution in [0.1, 0.15) is 5.56 Å². The summed E-state index contributed by atoms with van der Waals surface area (Å²) in [6.45, 7) is 2.00. The van der Waals surface area contributed by atoms with Crippen LogP contribution in [0, 0.1) is 27.2 Å². The van der Waals surface area contributed by atoms with E-state index in [4.69, 9.17) is 0 Å². The van der Waals surface area contributed by atoms with Gasteiger partial charge in [-0.1, -0.05) is 54.1 Å². The molecule has 0 saturated heterocycles. The fourth-order valence-corrected chi connectivity index (χ4v) is 3.30. The topological polar surface area (TPSA) is 99.2 Å². The molecule has 152 valence electrons. The highest BCUT2D eigenvalue weighted by atomic mass is 16.6. The number of aromatic nitrogens is 1. The number of nitrogens with zero attached hydrogens (tertiary/aromatic N) is 3. The highest BCUT2D eigenvalue weighted by Crippen LogP contribution is 2.32. The molecule has 1 heterocycles. The minimum atomic E-state index is -0.450. The van der Waals surface area contributed by atoms with Gasteiger partial charge < -0.3 is 0 Å². The number of hydrogen-bond acceptors (Lipinski definition) is 5. The second-order valence-electron chi connectivity index (χ2n) is 7.11. The molecule has 0 amide bonds. The lowest BCUT2D eigenvalue weighted by Crippen LogP contribution is -1.94. The summed E-state index contributed by atoms with van der Waals surface area (Å²) in [4.78, 5) is 26.2. The van der Waals surface area contributed by atoms with Crippen LogP contribution in [0.5, 0.6) is 0 Å². The lowest BCUT2D eigenvalue weighted by Gasteiger charge is -2.10. The van der Waals surface area contributed by atoms with E-state index in [9.17, 15) is 20.2 Å². The first-order valence-electron chi connectivity index (χ1n) is 9.49. The van der Waals surface area contributed by atoms with Crippen molar-refractivity contribution >= 4 is 11.4 Å². The van der Waals surface area contributed by atoms with Crippen LogP contribution in [-0.4, -0.2) is 14.8 Å². The Kier molecular flexibility index (Phi) is 5.24. The Labute approximate surface area is 177 Å². The molecule has 0 radical (unpaired) electrons. The summed E-state index contributed by atoms with van der Waals surface area (Å²) in [5.74, 6) is 0. The van der Waals surface area contributed by atoms with Crippen molar-refractivity contribution in [3.8, 4) is 33.6 Å². The number of nitro groups is 2. The molecule has 0 fully saturated rings. The van der Waals surface area contributed by atoms with Crippen molar-refractivity contribution in [2.75, 3.05) is 0 Å². The lowest BCUT2D eigenvalue weighted by molar-refractivity contribution is -0.385. The van der Waals surface area contributed by atoms with Crippen molar-refractivity contribution in [1.82, 2.24) is 4.98 Å². The zero-order valence-electron chi connectivity index (χ0n) is 16.6. The molecule has 0 unspecified atom stereocenters. The van der Waals surface area contributed by atoms with Crippen molar-refractivity contribution in [2.24, 2.45) is 0 Å². The predicted molar refractivity (Wildman–Crippen MR) is 119 cm³/mol. The van der Waals surface area contributed by atoms with Gasteiger partial charge in [-0.25, -0.2) is 4.98 Å². The first kappa shape index (κ1) is 19.9. The third-order valence-corrected chi connectivity index (χ3v) is 4.92. The normalized spacial score (nSPS) is 10.6. The van der Waals surface area contributed by atoms with Crippen LogP contribution in [0.3, 0.4) is 0 Å². The third-order valence-electron chi connectivity index (χ3n) is 4.92. The summed E-state index contributed by atoms with van der Waals surface area (Å²) in [7, 11) is 0. The number of nitro benzene ring substituents is 2. The quantitative estimate of drug-likeness (QED) is 0.287. The number of pyridine rings is 1. The molecule has 0 aliphatic rings. The van der Waals surface area contributed by atoms with Crippen LogP contribution in [0.15, 0.2) is 84.9 Å². The van der Waals surface area contributed by atoms with E-state index in [2.05, 4.69) is 4.98 Å². The van der Waals surface area contributed by atoms with Gasteiger partial charge in [-0.3, -0.25) is 20.2 Å². The molecule has 7 nitrogen and oxygen atoms in total. The summed E-state index contributed by atoms with van der Waals surface area (Å²) >= 11 is 0. The van der Waals surface area contributed by atoms with Gasteiger partial charge in [0.05, 0.1) is 21.2 Å². The third kappa shape index (κ3) is 4.30. The Morgan fingerprint density at radius 3 is 1.55 bits per heavy atom. The molecule has 0 aliphatic carbocycles. The van der Waals surface area contributed by atoms with E-state index in [0.29, 0.717) is 22.5 Å². The highest BCUT2D eigenvalue weighted by molar-refractivity contribution is 5.77. The van der Waals surface area contributed by atoms with Gasteiger partial charge >= 0.3 is 0 Å². The summed E-state index contributed by atoms with van der Waals surface area (Å²) in [5, 5.41) is 22.4. The molecule has 0 N–H and O–H groups in total. The fraction of sp³-hybridized carbons (Fsp3) is 0.0417. The average Bonchev–Trinajstić information content (AvgIpc) is 2.79. The second kappa shape index (κ2) is 8.16. The van der Waals surface area contributed by atoms with E-state index in [1.54, 1.807) is 24.3 Å². The van der Waals surface area contributed by atoms with Crippen molar-refractivity contribution in [3.05, 3.63) is 111 Å². The maximum atomic E-state index is 11.2. The molecule has 0 aliphatic heterocycles. The smallest absolute Gasteiger partial charge is 0.258 e. The van der Waals surface area contributed by atoms with Gasteiger partial charge in [0.15, 0.2) is 0 Å². The Hall–Kier alpha value is -4.39. The molecule has 0 bridgehead atoms. The molecular weight excluding hydrogens is 394 g/mol. The molecule has 0 spiro atoms. The second-order valence-corrected chi connectivity index (χ2v) is 7.11. The Morgan fingerprint density at radius 2 is 1.10 bits per heavy atom. The van der Waals surface area contributed by atoms with Crippen LogP contribution < -0.4 is 0 Å². The Bertz CT molecular complexity index is 1220. The first-order chi connectivity index (χ1) is 14.9. The fourth-order valence-electron chi connectivity index (χ4n) is 3.30. The van der Waals surface area contributed by atoms with Crippen molar-refractivity contribution in [1.29, 1.82) is 0 Å². The molecule has 1 aromatic heterocycles. The Balaban J connectivity index is 1.92. The van der Waals surface area contributed by atoms with Gasteiger partial charge in [-0.2, -0.15) is 0 Å². The summed E-state index contributed by atoms with van der Waals surface area (Å²) in [6.07, 6.45) is 0. The van der Waals surface area contributed by atoms with Crippen LogP contribution >= 0.6 is 0 Å². The van der Waals surface area contributed by atoms with Gasteiger partial charge in [-0.15, -0.1) is 0 Å². The van der Waals surface area contributed by atoms with E-state index in [0.717, 1.165) is 16.7 Å². The predicted octanol–water partition coefficient (Wildman–Crippen LogP) is 6.21. The Morgan fingerprint density at radius 1 is 0.613 bits per heavy atom. The molecule has 7 heteroatoms. The number of aryl methyl sites for hydroxylation is 1. The summed E-state index contributed by atoms with van der Waals surface area (Å²) < 4.78 is 0. The number of hydrogen-bond donors (Lipinski definition) is 0. The lowest BCUT2D eigenvalue weighted by atomic mass is 9.99. The van der Waals surface area contributed by atoms with E-state index >= 15 is 0 Å². The molecule has 4 aromatic rings. The van der Waals surface area contributed by atoms with E-state index in [-0.39, 0.29) is 11.4 Å². The van der Waals surface area contributed by atoms with Crippen LogP contribution in [0.4, 0.5) is 11.4 Å². The number of benzene rings is 3. The highest BCUT2D eigenvalue weighted by Gasteiger charge is 2.14. The maximum Gasteiger partial charge on any atom is 0.270 e. The van der Waals surface area contributed by atoms with Crippen molar-refractivity contribution in [2.45, 2.75) is 6.92 Å². The molecule has 0 atom stereocenters.